The molecule has 0 saturated carbocycles. The number of unbranched alkanes of at least 4 members (excludes halogenated alkanes) is 1. The van der Waals surface area contributed by atoms with Crippen LogP contribution in [0.1, 0.15) is 49.3 Å². The molecule has 0 spiro atoms. The van der Waals surface area contributed by atoms with E-state index in [9.17, 15) is 4.79 Å². The van der Waals surface area contributed by atoms with Gasteiger partial charge in [0.1, 0.15) is 0 Å². The third-order valence-electron chi connectivity index (χ3n) is 5.53. The Balaban J connectivity index is 1.44. The van der Waals surface area contributed by atoms with Gasteiger partial charge in [-0.15, -0.1) is 0 Å². The number of hydrogen-bond acceptors (Lipinski definition) is 2. The summed E-state index contributed by atoms with van der Waals surface area (Å²) >= 11 is 0. The van der Waals surface area contributed by atoms with Crippen LogP contribution in [0.4, 0.5) is 5.69 Å². The number of nitrogens with zero attached hydrogens (tertiary/aromatic N) is 1. The lowest BCUT2D eigenvalue weighted by Crippen LogP contribution is -2.37. The van der Waals surface area contributed by atoms with E-state index in [1.165, 1.54) is 29.5 Å². The number of nitrogens with one attached hydrogen (secondary N) is 1. The van der Waals surface area contributed by atoms with Gasteiger partial charge in [-0.1, -0.05) is 55.3 Å². The second-order valence-electron chi connectivity index (χ2n) is 7.83. The highest BCUT2D eigenvalue weighted by Crippen LogP contribution is 2.21. The Kier molecular flexibility index (Phi) is 7.05. The zero-order valence-corrected chi connectivity index (χ0v) is 16.7. The molecule has 144 valence electrons. The summed E-state index contributed by atoms with van der Waals surface area (Å²) in [7, 11) is 0. The first-order chi connectivity index (χ1) is 13.1. The van der Waals surface area contributed by atoms with Crippen LogP contribution in [0.3, 0.4) is 0 Å². The van der Waals surface area contributed by atoms with Crippen LogP contribution in [0, 0.1) is 12.8 Å². The summed E-state index contributed by atoms with van der Waals surface area (Å²) in [6.45, 7) is 7.28. The molecule has 2 aromatic carbocycles. The Morgan fingerprint density at radius 1 is 1.00 bits per heavy atom. The second-order valence-corrected chi connectivity index (χ2v) is 7.83. The number of benzene rings is 2. The molecule has 0 bridgehead atoms. The predicted molar refractivity (Wildman–Crippen MR) is 113 cm³/mol. The first-order valence-electron chi connectivity index (χ1n) is 10.3. The quantitative estimate of drug-likeness (QED) is 0.733. The van der Waals surface area contributed by atoms with Gasteiger partial charge in [-0.25, -0.2) is 0 Å². The van der Waals surface area contributed by atoms with Crippen LogP contribution in [-0.2, 0) is 17.8 Å². The van der Waals surface area contributed by atoms with E-state index >= 15 is 0 Å². The molecule has 1 aliphatic rings. The van der Waals surface area contributed by atoms with E-state index in [0.717, 1.165) is 44.6 Å². The first-order valence-corrected chi connectivity index (χ1v) is 10.3. The molecule has 3 rings (SSSR count). The third-order valence-corrected chi connectivity index (χ3v) is 5.53. The topological polar surface area (TPSA) is 32.3 Å². The van der Waals surface area contributed by atoms with Crippen molar-refractivity contribution < 1.29 is 4.79 Å². The van der Waals surface area contributed by atoms with E-state index in [1.807, 2.05) is 12.1 Å². The fourth-order valence-electron chi connectivity index (χ4n) is 3.68. The van der Waals surface area contributed by atoms with Crippen molar-refractivity contribution in [2.45, 2.75) is 52.5 Å². The number of amides is 1. The van der Waals surface area contributed by atoms with Gasteiger partial charge in [-0.3, -0.25) is 9.69 Å². The van der Waals surface area contributed by atoms with Crippen molar-refractivity contribution in [3.05, 3.63) is 65.2 Å². The predicted octanol–water partition coefficient (Wildman–Crippen LogP) is 5.19. The van der Waals surface area contributed by atoms with Crippen LogP contribution in [-0.4, -0.2) is 23.9 Å². The lowest BCUT2D eigenvalue weighted by molar-refractivity contribution is -0.121. The Hall–Kier alpha value is -2.13. The highest BCUT2D eigenvalue weighted by atomic mass is 16.1. The Morgan fingerprint density at radius 3 is 2.26 bits per heavy atom. The molecular formula is C24H32N2O. The summed E-state index contributed by atoms with van der Waals surface area (Å²) in [5, 5.41) is 3.11. The minimum Gasteiger partial charge on any atom is -0.326 e. The summed E-state index contributed by atoms with van der Waals surface area (Å²) in [5.41, 5.74) is 4.92. The van der Waals surface area contributed by atoms with E-state index in [-0.39, 0.29) is 11.8 Å². The van der Waals surface area contributed by atoms with Gasteiger partial charge in [0.2, 0.25) is 5.91 Å². The summed E-state index contributed by atoms with van der Waals surface area (Å²) in [6.07, 6.45) is 5.41. The van der Waals surface area contributed by atoms with Gasteiger partial charge in [0, 0.05) is 18.2 Å². The Morgan fingerprint density at radius 2 is 1.63 bits per heavy atom. The van der Waals surface area contributed by atoms with E-state index in [1.54, 1.807) is 0 Å². The molecule has 1 saturated heterocycles. The molecule has 27 heavy (non-hydrogen) atoms. The van der Waals surface area contributed by atoms with Crippen LogP contribution in [0.25, 0.3) is 0 Å². The number of carbonyl (C=O) groups excluding carboxylic acids is 1. The lowest BCUT2D eigenvalue weighted by Gasteiger charge is -2.31. The Labute approximate surface area is 163 Å². The number of carbonyl (C=O) groups is 1. The number of rotatable bonds is 7. The zero-order valence-electron chi connectivity index (χ0n) is 16.7. The number of hydrogen-bond donors (Lipinski definition) is 1. The molecule has 1 fully saturated rings. The van der Waals surface area contributed by atoms with Crippen molar-refractivity contribution in [3.63, 3.8) is 0 Å². The SMILES string of the molecule is CCCCc1ccc(NC(=O)C2CCN(Cc3ccc(C)cc3)CC2)cc1. The molecule has 0 radical (unpaired) electrons. The van der Waals surface area contributed by atoms with Crippen molar-refractivity contribution in [2.75, 3.05) is 18.4 Å². The van der Waals surface area contributed by atoms with Crippen molar-refractivity contribution in [3.8, 4) is 0 Å². The molecule has 0 aliphatic carbocycles. The number of likely N-dealkylation sites (tertiary alicyclic amines) is 1. The average molecular weight is 365 g/mol. The number of anilines is 1. The van der Waals surface area contributed by atoms with Gasteiger partial charge in [-0.2, -0.15) is 0 Å². The standard InChI is InChI=1S/C24H32N2O/c1-3-4-5-20-10-12-23(13-11-20)25-24(27)22-14-16-26(17-15-22)18-21-8-6-19(2)7-9-21/h6-13,22H,3-5,14-18H2,1-2H3,(H,25,27). The smallest absolute Gasteiger partial charge is 0.227 e. The molecule has 1 N–H and O–H groups in total. The second kappa shape index (κ2) is 9.70. The number of piperidine rings is 1. The van der Waals surface area contributed by atoms with Crippen molar-refractivity contribution in [1.82, 2.24) is 4.90 Å². The van der Waals surface area contributed by atoms with Crippen molar-refractivity contribution >= 4 is 11.6 Å². The van der Waals surface area contributed by atoms with E-state index in [0.29, 0.717) is 0 Å². The highest BCUT2D eigenvalue weighted by molar-refractivity contribution is 5.92. The molecule has 3 nitrogen and oxygen atoms in total. The van der Waals surface area contributed by atoms with Gasteiger partial charge in [0.05, 0.1) is 0 Å². The molecule has 0 aromatic heterocycles. The molecule has 0 unspecified atom stereocenters. The third kappa shape index (κ3) is 5.93. The van der Waals surface area contributed by atoms with E-state index in [2.05, 4.69) is 60.5 Å². The van der Waals surface area contributed by atoms with E-state index < -0.39 is 0 Å². The summed E-state index contributed by atoms with van der Waals surface area (Å²) in [6, 6.07) is 17.1. The molecule has 1 aliphatic heterocycles. The zero-order chi connectivity index (χ0) is 19.1. The molecule has 2 aromatic rings. The summed E-state index contributed by atoms with van der Waals surface area (Å²) < 4.78 is 0. The lowest BCUT2D eigenvalue weighted by atomic mass is 9.95. The molecule has 1 heterocycles. The average Bonchev–Trinajstić information content (AvgIpc) is 2.70. The summed E-state index contributed by atoms with van der Waals surface area (Å²) in [4.78, 5) is 15.1. The highest BCUT2D eigenvalue weighted by Gasteiger charge is 2.25. The Bertz CT molecular complexity index is 713. The van der Waals surface area contributed by atoms with Gasteiger partial charge >= 0.3 is 0 Å². The fourth-order valence-corrected chi connectivity index (χ4v) is 3.68. The van der Waals surface area contributed by atoms with Gasteiger partial charge in [0.15, 0.2) is 0 Å². The molecular weight excluding hydrogens is 332 g/mol. The van der Waals surface area contributed by atoms with Gasteiger partial charge in [0.25, 0.3) is 0 Å². The molecule has 3 heteroatoms. The van der Waals surface area contributed by atoms with Crippen LogP contribution < -0.4 is 5.32 Å². The normalized spacial score (nSPS) is 15.6. The summed E-state index contributed by atoms with van der Waals surface area (Å²) in [5.74, 6) is 0.297. The number of aryl methyl sites for hydroxylation is 2. The maximum absolute atomic E-state index is 12.6. The largest absolute Gasteiger partial charge is 0.326 e. The first kappa shape index (κ1) is 19.6. The minimum absolute atomic E-state index is 0.124. The monoisotopic (exact) mass is 364 g/mol. The maximum atomic E-state index is 12.6. The fraction of sp³-hybridized carbons (Fsp3) is 0.458. The van der Waals surface area contributed by atoms with E-state index in [4.69, 9.17) is 0 Å². The van der Waals surface area contributed by atoms with Gasteiger partial charge in [-0.05, 0) is 69.0 Å². The minimum atomic E-state index is 0.124. The van der Waals surface area contributed by atoms with Crippen molar-refractivity contribution in [2.24, 2.45) is 5.92 Å². The molecule has 0 atom stereocenters. The van der Waals surface area contributed by atoms with Crippen LogP contribution in [0.2, 0.25) is 0 Å². The van der Waals surface area contributed by atoms with Crippen LogP contribution in [0.5, 0.6) is 0 Å². The van der Waals surface area contributed by atoms with Gasteiger partial charge < -0.3 is 5.32 Å². The van der Waals surface area contributed by atoms with Crippen LogP contribution in [0.15, 0.2) is 48.5 Å². The van der Waals surface area contributed by atoms with Crippen LogP contribution >= 0.6 is 0 Å². The maximum Gasteiger partial charge on any atom is 0.227 e. The van der Waals surface area contributed by atoms with Crippen molar-refractivity contribution in [1.29, 1.82) is 0 Å². The molecule has 1 amide bonds.